The predicted octanol–water partition coefficient (Wildman–Crippen LogP) is 4.55. The Balaban J connectivity index is 1.53. The van der Waals surface area contributed by atoms with Crippen molar-refractivity contribution in [1.82, 2.24) is 0 Å². The van der Waals surface area contributed by atoms with E-state index in [1.165, 1.54) is 0 Å². The highest BCUT2D eigenvalue weighted by atomic mass is 16.6. The molecule has 0 heterocycles. The van der Waals surface area contributed by atoms with E-state index in [-0.39, 0.29) is 12.5 Å². The van der Waals surface area contributed by atoms with E-state index in [2.05, 4.69) is 5.32 Å². The van der Waals surface area contributed by atoms with E-state index in [0.717, 1.165) is 11.1 Å². The number of esters is 1. The molecular formula is C24H23NO5. The van der Waals surface area contributed by atoms with Crippen LogP contribution in [0.15, 0.2) is 66.7 Å². The molecule has 1 N–H and O–H groups in total. The van der Waals surface area contributed by atoms with Crippen LogP contribution in [0, 0.1) is 13.8 Å². The van der Waals surface area contributed by atoms with Gasteiger partial charge in [0, 0.05) is 11.3 Å². The Labute approximate surface area is 175 Å². The fourth-order valence-electron chi connectivity index (χ4n) is 2.73. The quantitative estimate of drug-likeness (QED) is 0.461. The molecule has 0 radical (unpaired) electrons. The van der Waals surface area contributed by atoms with Crippen molar-refractivity contribution in [3.63, 3.8) is 0 Å². The van der Waals surface area contributed by atoms with Crippen LogP contribution >= 0.6 is 0 Å². The van der Waals surface area contributed by atoms with Crippen LogP contribution in [-0.2, 0) is 4.79 Å². The monoisotopic (exact) mass is 405 g/mol. The average Bonchev–Trinajstić information content (AvgIpc) is 2.76. The van der Waals surface area contributed by atoms with Crippen LogP contribution < -0.4 is 19.5 Å². The largest absolute Gasteiger partial charge is 0.497 e. The second-order valence-electron chi connectivity index (χ2n) is 6.67. The molecule has 3 rings (SSSR count). The van der Waals surface area contributed by atoms with Crippen LogP contribution in [0.25, 0.3) is 0 Å². The van der Waals surface area contributed by atoms with Crippen molar-refractivity contribution in [2.45, 2.75) is 13.8 Å². The molecule has 0 fully saturated rings. The summed E-state index contributed by atoms with van der Waals surface area (Å²) in [7, 11) is 1.58. The molecule has 0 aliphatic rings. The van der Waals surface area contributed by atoms with E-state index in [1.54, 1.807) is 55.6 Å². The van der Waals surface area contributed by atoms with Crippen LogP contribution in [-0.4, -0.2) is 25.6 Å². The Kier molecular flexibility index (Phi) is 6.70. The van der Waals surface area contributed by atoms with Crippen LogP contribution in [0.1, 0.15) is 21.5 Å². The summed E-state index contributed by atoms with van der Waals surface area (Å²) in [5.74, 6) is 0.909. The number of nitrogens with one attached hydrogen (secondary N) is 1. The fourth-order valence-corrected chi connectivity index (χ4v) is 2.73. The second kappa shape index (κ2) is 9.60. The Morgan fingerprint density at radius 3 is 2.20 bits per heavy atom. The van der Waals surface area contributed by atoms with Gasteiger partial charge >= 0.3 is 5.97 Å². The van der Waals surface area contributed by atoms with Crippen LogP contribution in [0.2, 0.25) is 0 Å². The molecule has 3 aromatic carbocycles. The number of carbonyl (C=O) groups is 2. The van der Waals surface area contributed by atoms with Crippen molar-refractivity contribution in [1.29, 1.82) is 0 Å². The van der Waals surface area contributed by atoms with Gasteiger partial charge in [0.1, 0.15) is 17.2 Å². The van der Waals surface area contributed by atoms with E-state index >= 15 is 0 Å². The molecule has 30 heavy (non-hydrogen) atoms. The van der Waals surface area contributed by atoms with Gasteiger partial charge in [-0.3, -0.25) is 4.79 Å². The van der Waals surface area contributed by atoms with Gasteiger partial charge in [0.2, 0.25) is 0 Å². The molecule has 0 spiro atoms. The first-order chi connectivity index (χ1) is 14.5. The molecule has 0 saturated carbocycles. The first kappa shape index (κ1) is 20.9. The summed E-state index contributed by atoms with van der Waals surface area (Å²) in [6.07, 6.45) is 0. The van der Waals surface area contributed by atoms with Crippen LogP contribution in [0.3, 0.4) is 0 Å². The van der Waals surface area contributed by atoms with E-state index in [4.69, 9.17) is 14.2 Å². The Hall–Kier alpha value is -3.80. The first-order valence-corrected chi connectivity index (χ1v) is 9.41. The van der Waals surface area contributed by atoms with Gasteiger partial charge < -0.3 is 19.5 Å². The maximum absolute atomic E-state index is 12.4. The smallest absolute Gasteiger partial charge is 0.349 e. The number of hydrogen-bond donors (Lipinski definition) is 1. The third-order valence-electron chi connectivity index (χ3n) is 4.60. The zero-order valence-corrected chi connectivity index (χ0v) is 17.1. The lowest BCUT2D eigenvalue weighted by atomic mass is 10.1. The Morgan fingerprint density at radius 2 is 1.53 bits per heavy atom. The molecule has 154 valence electrons. The minimum absolute atomic E-state index is 0.204. The van der Waals surface area contributed by atoms with Crippen molar-refractivity contribution in [3.8, 4) is 17.2 Å². The third kappa shape index (κ3) is 5.38. The number of aryl methyl sites for hydroxylation is 1. The number of amides is 1. The fraction of sp³-hybridized carbons (Fsp3) is 0.167. The maximum Gasteiger partial charge on any atom is 0.349 e. The van der Waals surface area contributed by atoms with Gasteiger partial charge in [-0.2, -0.15) is 0 Å². The van der Waals surface area contributed by atoms with Gasteiger partial charge in [-0.1, -0.05) is 12.1 Å². The predicted molar refractivity (Wildman–Crippen MR) is 114 cm³/mol. The van der Waals surface area contributed by atoms with E-state index < -0.39 is 5.97 Å². The van der Waals surface area contributed by atoms with Gasteiger partial charge in [-0.15, -0.1) is 0 Å². The summed E-state index contributed by atoms with van der Waals surface area (Å²) in [6.45, 7) is 3.71. The Morgan fingerprint density at radius 1 is 0.867 bits per heavy atom. The number of ether oxygens (including phenoxy) is 3. The SMILES string of the molecule is COc1ccc(NC(=O)c2ccc(OC(=O)COc3cccc(C)c3C)cc2)cc1. The molecule has 6 heteroatoms. The van der Waals surface area contributed by atoms with Crippen molar-refractivity contribution in [2.75, 3.05) is 19.0 Å². The van der Waals surface area contributed by atoms with Gasteiger partial charge in [-0.25, -0.2) is 4.79 Å². The van der Waals surface area contributed by atoms with Crippen molar-refractivity contribution in [2.24, 2.45) is 0 Å². The molecule has 6 nitrogen and oxygen atoms in total. The topological polar surface area (TPSA) is 73.9 Å². The van der Waals surface area contributed by atoms with E-state index in [1.807, 2.05) is 32.0 Å². The normalized spacial score (nSPS) is 10.2. The number of carbonyl (C=O) groups excluding carboxylic acids is 2. The number of benzene rings is 3. The van der Waals surface area contributed by atoms with Crippen molar-refractivity contribution in [3.05, 3.63) is 83.4 Å². The average molecular weight is 405 g/mol. The van der Waals surface area contributed by atoms with E-state index in [0.29, 0.717) is 28.5 Å². The molecule has 0 atom stereocenters. The zero-order valence-electron chi connectivity index (χ0n) is 17.1. The Bertz CT molecular complexity index is 1030. The highest BCUT2D eigenvalue weighted by Crippen LogP contribution is 2.21. The second-order valence-corrected chi connectivity index (χ2v) is 6.67. The number of anilines is 1. The number of methoxy groups -OCH3 is 1. The molecule has 0 aliphatic carbocycles. The standard InChI is InChI=1S/C24H23NO5/c1-16-5-4-6-22(17(16)2)29-15-23(26)30-21-11-7-18(8-12-21)24(27)25-19-9-13-20(28-3)14-10-19/h4-14H,15H2,1-3H3,(H,25,27). The lowest BCUT2D eigenvalue weighted by Gasteiger charge is -2.11. The molecule has 0 bridgehead atoms. The summed E-state index contributed by atoms with van der Waals surface area (Å²) >= 11 is 0. The number of hydrogen-bond acceptors (Lipinski definition) is 5. The first-order valence-electron chi connectivity index (χ1n) is 9.41. The van der Waals surface area contributed by atoms with Crippen molar-refractivity contribution >= 4 is 17.6 Å². The number of rotatable bonds is 7. The van der Waals surface area contributed by atoms with E-state index in [9.17, 15) is 9.59 Å². The molecule has 3 aromatic rings. The lowest BCUT2D eigenvalue weighted by Crippen LogP contribution is -2.18. The summed E-state index contributed by atoms with van der Waals surface area (Å²) < 4.78 is 15.9. The highest BCUT2D eigenvalue weighted by molar-refractivity contribution is 6.04. The summed E-state index contributed by atoms with van der Waals surface area (Å²) in [4.78, 5) is 24.4. The molecule has 0 aromatic heterocycles. The highest BCUT2D eigenvalue weighted by Gasteiger charge is 2.10. The zero-order chi connectivity index (χ0) is 21.5. The van der Waals surface area contributed by atoms with Crippen LogP contribution in [0.5, 0.6) is 17.2 Å². The van der Waals surface area contributed by atoms with Gasteiger partial charge in [0.05, 0.1) is 7.11 Å². The van der Waals surface area contributed by atoms with Crippen LogP contribution in [0.4, 0.5) is 5.69 Å². The summed E-state index contributed by atoms with van der Waals surface area (Å²) in [6, 6.07) is 19.0. The van der Waals surface area contributed by atoms with Gasteiger partial charge in [-0.05, 0) is 79.6 Å². The maximum atomic E-state index is 12.4. The molecule has 1 amide bonds. The van der Waals surface area contributed by atoms with Gasteiger partial charge in [0.25, 0.3) is 5.91 Å². The molecular weight excluding hydrogens is 382 g/mol. The van der Waals surface area contributed by atoms with Crippen molar-refractivity contribution < 1.29 is 23.8 Å². The molecule has 0 unspecified atom stereocenters. The minimum Gasteiger partial charge on any atom is -0.497 e. The molecule has 0 aliphatic heterocycles. The van der Waals surface area contributed by atoms with Gasteiger partial charge in [0.15, 0.2) is 6.61 Å². The minimum atomic E-state index is -0.522. The summed E-state index contributed by atoms with van der Waals surface area (Å²) in [5, 5.41) is 2.80. The molecule has 0 saturated heterocycles. The lowest BCUT2D eigenvalue weighted by molar-refractivity contribution is -0.136. The third-order valence-corrected chi connectivity index (χ3v) is 4.60. The summed E-state index contributed by atoms with van der Waals surface area (Å²) in [5.41, 5.74) is 3.17.